The van der Waals surface area contributed by atoms with Gasteiger partial charge in [-0.25, -0.2) is 0 Å². The van der Waals surface area contributed by atoms with Crippen molar-refractivity contribution in [3.8, 4) is 11.5 Å². The lowest BCUT2D eigenvalue weighted by Crippen LogP contribution is -2.64. The lowest BCUT2D eigenvalue weighted by molar-refractivity contribution is -0.0453. The van der Waals surface area contributed by atoms with Crippen molar-refractivity contribution in [2.45, 2.75) is 36.5 Å². The van der Waals surface area contributed by atoms with E-state index in [9.17, 15) is 10.2 Å². The Hall–Kier alpha value is -1.56. The molecule has 0 saturated carbocycles. The molecule has 1 saturated heterocycles. The molecule has 5 nitrogen and oxygen atoms in total. The molecule has 118 valence electrons. The van der Waals surface area contributed by atoms with Gasteiger partial charge in [0.05, 0.1) is 0 Å². The largest absolute Gasteiger partial charge is 0.504 e. The highest BCUT2D eigenvalue weighted by Gasteiger charge is 2.64. The van der Waals surface area contributed by atoms with Crippen LogP contribution in [0.4, 0.5) is 0 Å². The van der Waals surface area contributed by atoms with Crippen LogP contribution < -0.4 is 10.9 Å². The van der Waals surface area contributed by atoms with Gasteiger partial charge in [0.2, 0.25) is 0 Å². The Kier molecular flexibility index (Phi) is 2.72. The van der Waals surface area contributed by atoms with Gasteiger partial charge in [0.15, 0.2) is 11.5 Å². The second kappa shape index (κ2) is 4.25. The van der Waals surface area contributed by atoms with Crippen LogP contribution >= 0.6 is 0 Å². The van der Waals surface area contributed by atoms with Gasteiger partial charge in [0.25, 0.3) is 0 Å². The van der Waals surface area contributed by atoms with Crippen molar-refractivity contribution in [3.63, 3.8) is 0 Å². The number of aliphatic hydroxyl groups excluding tert-OH is 1. The average molecular weight is 302 g/mol. The van der Waals surface area contributed by atoms with Gasteiger partial charge in [-0.1, -0.05) is 18.2 Å². The molecule has 0 aromatic heterocycles. The highest BCUT2D eigenvalue weighted by atomic mass is 16.5. The van der Waals surface area contributed by atoms with Crippen molar-refractivity contribution in [1.29, 1.82) is 0 Å². The molecule has 2 aliphatic carbocycles. The van der Waals surface area contributed by atoms with Gasteiger partial charge in [-0.2, -0.15) is 0 Å². The SMILES string of the molecule is CN1CC[C@]23c4c5ccc(O)c4O[C@H]2[C@@H](O)C=C[C@H]3[C@H]1C5.N. The van der Waals surface area contributed by atoms with E-state index in [1.165, 1.54) is 11.1 Å². The molecule has 5 heteroatoms. The standard InChI is InChI=1S/C17H19NO3.H3N/c1-18-7-6-17-10-3-5-13(20)16(17)21-15-12(19)4-2-9(14(15)17)8-11(10)18;/h2-5,10-11,13,16,19-20H,6-8H2,1H3;1H3/t10-,11+,13-,16-,17-;/m0./s1. The Labute approximate surface area is 129 Å². The third kappa shape index (κ3) is 1.35. The first kappa shape index (κ1) is 14.1. The van der Waals surface area contributed by atoms with Crippen LogP contribution in [-0.2, 0) is 11.8 Å². The number of benzene rings is 1. The van der Waals surface area contributed by atoms with Crippen molar-refractivity contribution < 1.29 is 14.9 Å². The Morgan fingerprint density at radius 1 is 1.32 bits per heavy atom. The first-order valence-corrected chi connectivity index (χ1v) is 7.71. The number of aliphatic hydroxyl groups is 1. The molecule has 5 N–H and O–H groups in total. The highest BCUT2D eigenvalue weighted by Crippen LogP contribution is 2.62. The monoisotopic (exact) mass is 302 g/mol. The topological polar surface area (TPSA) is 87.9 Å². The molecule has 0 radical (unpaired) electrons. The normalized spacial score (nSPS) is 40.6. The molecular formula is C17H22N2O3. The van der Waals surface area contributed by atoms with Crippen LogP contribution in [0.15, 0.2) is 24.3 Å². The quantitative estimate of drug-likeness (QED) is 0.630. The number of piperidine rings is 1. The fourth-order valence-electron chi connectivity index (χ4n) is 5.24. The molecule has 0 unspecified atom stereocenters. The van der Waals surface area contributed by atoms with Gasteiger partial charge in [-0.05, 0) is 38.1 Å². The van der Waals surface area contributed by atoms with E-state index in [1.807, 2.05) is 12.1 Å². The van der Waals surface area contributed by atoms with Gasteiger partial charge < -0.3 is 26.0 Å². The Bertz CT molecular complexity index is 674. The fraction of sp³-hybridized carbons (Fsp3) is 0.529. The number of likely N-dealkylation sites (N-methyl/N-ethyl adjacent to an activating group) is 1. The Balaban J connectivity index is 0.00000125. The van der Waals surface area contributed by atoms with E-state index in [-0.39, 0.29) is 23.4 Å². The minimum atomic E-state index is -0.594. The Morgan fingerprint density at radius 3 is 2.95 bits per heavy atom. The summed E-state index contributed by atoms with van der Waals surface area (Å²) in [5, 5.41) is 20.6. The number of ether oxygens (including phenoxy) is 1. The molecule has 22 heavy (non-hydrogen) atoms. The highest BCUT2D eigenvalue weighted by molar-refractivity contribution is 5.61. The third-order valence-electron chi connectivity index (χ3n) is 6.15. The number of phenolic OH excluding ortho intramolecular Hbond substituents is 1. The number of hydrogen-bond acceptors (Lipinski definition) is 5. The summed E-state index contributed by atoms with van der Waals surface area (Å²) in [4.78, 5) is 2.43. The summed E-state index contributed by atoms with van der Waals surface area (Å²) in [6.45, 7) is 1.01. The molecule has 5 rings (SSSR count). The first-order chi connectivity index (χ1) is 10.1. The number of aromatic hydroxyl groups is 1. The van der Waals surface area contributed by atoms with Crippen molar-refractivity contribution >= 4 is 0 Å². The molecule has 5 atom stereocenters. The second-order valence-electron chi connectivity index (χ2n) is 6.93. The number of likely N-dealkylation sites (tertiary alicyclic amines) is 1. The summed E-state index contributed by atoms with van der Waals surface area (Å²) in [5.74, 6) is 1.19. The lowest BCUT2D eigenvalue weighted by atomic mass is 9.53. The number of nitrogens with zero attached hydrogens (tertiary/aromatic N) is 1. The summed E-state index contributed by atoms with van der Waals surface area (Å²) < 4.78 is 6.09. The van der Waals surface area contributed by atoms with Gasteiger partial charge in [0.1, 0.15) is 12.2 Å². The molecule has 1 aromatic rings. The van der Waals surface area contributed by atoms with E-state index >= 15 is 0 Å². The van der Waals surface area contributed by atoms with E-state index in [1.54, 1.807) is 6.07 Å². The number of rotatable bonds is 0. The maximum Gasteiger partial charge on any atom is 0.165 e. The van der Waals surface area contributed by atoms with Crippen LogP contribution in [0, 0.1) is 5.92 Å². The van der Waals surface area contributed by atoms with E-state index in [0.29, 0.717) is 17.7 Å². The predicted octanol–water partition coefficient (Wildman–Crippen LogP) is 1.36. The van der Waals surface area contributed by atoms with Crippen LogP contribution in [-0.4, -0.2) is 47.0 Å². The fourth-order valence-corrected chi connectivity index (χ4v) is 5.24. The number of hydrogen-bond donors (Lipinski definition) is 3. The molecule has 0 amide bonds. The summed E-state index contributed by atoms with van der Waals surface area (Å²) >= 11 is 0. The van der Waals surface area contributed by atoms with Gasteiger partial charge in [-0.3, -0.25) is 0 Å². The maximum absolute atomic E-state index is 10.4. The van der Waals surface area contributed by atoms with Gasteiger partial charge in [-0.15, -0.1) is 0 Å². The van der Waals surface area contributed by atoms with Crippen LogP contribution in [0.1, 0.15) is 17.5 Å². The smallest absolute Gasteiger partial charge is 0.165 e. The molecule has 1 aromatic carbocycles. The molecule has 2 aliphatic heterocycles. The maximum atomic E-state index is 10.4. The summed E-state index contributed by atoms with van der Waals surface area (Å²) in [5.41, 5.74) is 2.29. The minimum Gasteiger partial charge on any atom is -0.504 e. The summed E-state index contributed by atoms with van der Waals surface area (Å²) in [6, 6.07) is 4.23. The molecule has 4 aliphatic rings. The predicted molar refractivity (Wildman–Crippen MR) is 82.6 cm³/mol. The lowest BCUT2D eigenvalue weighted by Gasteiger charge is -2.56. The van der Waals surface area contributed by atoms with Crippen molar-refractivity contribution in [3.05, 3.63) is 35.4 Å². The van der Waals surface area contributed by atoms with Crippen LogP contribution in [0.2, 0.25) is 0 Å². The number of phenols is 1. The van der Waals surface area contributed by atoms with Crippen molar-refractivity contribution in [2.75, 3.05) is 13.6 Å². The third-order valence-corrected chi connectivity index (χ3v) is 6.15. The van der Waals surface area contributed by atoms with E-state index in [0.717, 1.165) is 19.4 Å². The summed E-state index contributed by atoms with van der Waals surface area (Å²) in [6.07, 6.45) is 5.18. The van der Waals surface area contributed by atoms with Crippen LogP contribution in [0.3, 0.4) is 0 Å². The molecule has 2 bridgehead atoms. The molecule has 1 spiro atoms. The van der Waals surface area contributed by atoms with Gasteiger partial charge >= 0.3 is 0 Å². The average Bonchev–Trinajstić information content (AvgIpc) is 2.83. The zero-order valence-electron chi connectivity index (χ0n) is 12.7. The van der Waals surface area contributed by atoms with Crippen molar-refractivity contribution in [1.82, 2.24) is 11.1 Å². The van der Waals surface area contributed by atoms with Crippen molar-refractivity contribution in [2.24, 2.45) is 5.92 Å². The Morgan fingerprint density at radius 2 is 2.14 bits per heavy atom. The zero-order chi connectivity index (χ0) is 14.4. The minimum absolute atomic E-state index is 0. The molecule has 2 heterocycles. The van der Waals surface area contributed by atoms with Crippen LogP contribution in [0.25, 0.3) is 0 Å². The second-order valence-corrected chi connectivity index (χ2v) is 6.93. The van der Waals surface area contributed by atoms with Crippen LogP contribution in [0.5, 0.6) is 11.5 Å². The first-order valence-electron chi connectivity index (χ1n) is 7.71. The molecule has 1 fully saturated rings. The zero-order valence-corrected chi connectivity index (χ0v) is 12.7. The molecular weight excluding hydrogens is 280 g/mol. The summed E-state index contributed by atoms with van der Waals surface area (Å²) in [7, 11) is 2.19. The van der Waals surface area contributed by atoms with E-state index in [2.05, 4.69) is 18.0 Å². The van der Waals surface area contributed by atoms with E-state index in [4.69, 9.17) is 4.74 Å². The van der Waals surface area contributed by atoms with E-state index < -0.39 is 6.10 Å². The van der Waals surface area contributed by atoms with Gasteiger partial charge in [0, 0.05) is 22.9 Å².